The van der Waals surface area contributed by atoms with Crippen LogP contribution in [-0.4, -0.2) is 53.4 Å². The molecule has 1 atom stereocenters. The van der Waals surface area contributed by atoms with E-state index in [4.69, 9.17) is 9.57 Å². The summed E-state index contributed by atoms with van der Waals surface area (Å²) in [5.74, 6) is -2.10. The molecule has 0 radical (unpaired) electrons. The molecule has 0 saturated carbocycles. The summed E-state index contributed by atoms with van der Waals surface area (Å²) in [5, 5.41) is 0.997. The monoisotopic (exact) mass is 820 g/mol. The van der Waals surface area contributed by atoms with Crippen LogP contribution in [0.4, 0.5) is 0 Å². The van der Waals surface area contributed by atoms with Gasteiger partial charge in [-0.05, 0) is 95.4 Å². The number of imide groups is 1. The third-order valence-electron chi connectivity index (χ3n) is 11.2. The molecule has 14 nitrogen and oxygen atoms in total. The van der Waals surface area contributed by atoms with Crippen molar-refractivity contribution >= 4 is 55.2 Å². The summed E-state index contributed by atoms with van der Waals surface area (Å²) in [5.41, 5.74) is 1.84. The number of hydrogen-bond acceptors (Lipinski definition) is 11. The maximum absolute atomic E-state index is 13.4. The number of benzene rings is 2. The van der Waals surface area contributed by atoms with Crippen LogP contribution in [0.5, 0.6) is 11.5 Å². The maximum Gasteiger partial charge on any atom is 0.333 e. The number of carbonyl (C=O) groups is 3. The molecule has 1 aromatic heterocycles. The largest absolute Gasteiger partial charge is 0.744 e. The van der Waals surface area contributed by atoms with E-state index in [1.54, 1.807) is 30.0 Å². The van der Waals surface area contributed by atoms with Crippen molar-refractivity contribution < 1.29 is 54.5 Å². The fourth-order valence-electron chi connectivity index (χ4n) is 9.09. The van der Waals surface area contributed by atoms with Crippen LogP contribution in [0.25, 0.3) is 17.2 Å². The van der Waals surface area contributed by atoms with Crippen LogP contribution in [0.2, 0.25) is 0 Å². The van der Waals surface area contributed by atoms with Crippen molar-refractivity contribution in [2.75, 3.05) is 0 Å². The summed E-state index contributed by atoms with van der Waals surface area (Å²) < 4.78 is 90.7. The molecule has 304 valence electrons. The molecular formula is C41H46N3O11S2-. The number of aromatic nitrogens is 2. The lowest BCUT2D eigenvalue weighted by Gasteiger charge is -2.35. The number of hydrogen-bond donors (Lipinski definition) is 0. The van der Waals surface area contributed by atoms with Crippen molar-refractivity contribution in [2.45, 2.75) is 115 Å². The third kappa shape index (κ3) is 7.48. The number of fused-ring (bicyclic) bond motifs is 4. The Bertz CT molecular complexity index is 2660. The second kappa shape index (κ2) is 14.0. The van der Waals surface area contributed by atoms with E-state index < -0.39 is 58.6 Å². The van der Waals surface area contributed by atoms with Gasteiger partial charge in [0.2, 0.25) is 0 Å². The summed E-state index contributed by atoms with van der Waals surface area (Å²) in [7, 11) is -8.73. The number of allylic oxidation sites excluding steroid dienone is 2. The summed E-state index contributed by atoms with van der Waals surface area (Å²) in [4.78, 5) is 39.9. The molecular weight excluding hydrogens is 775 g/mol. The minimum Gasteiger partial charge on any atom is -0.744 e. The number of hydroxylamine groups is 2. The SMILES string of the molecule is CC1=CC(C)(C)Cc2c1cc1c(c2S(=O)(=O)[O-])Oc2c(S(=O)(=O)[O-])c3c(cc2=C1c1n(CCCCCC(=O)ON2C(=O)CCC2=O)cc[n+]1C)C(C)CC(C)(C)C=3. The molecule has 3 aromatic rings. The Hall–Kier alpha value is -4.64. The lowest BCUT2D eigenvalue weighted by Crippen LogP contribution is -2.38. The van der Waals surface area contributed by atoms with Gasteiger partial charge in [-0.1, -0.05) is 46.8 Å². The van der Waals surface area contributed by atoms with Crippen molar-refractivity contribution in [1.82, 2.24) is 9.63 Å². The van der Waals surface area contributed by atoms with Gasteiger partial charge >= 0.3 is 5.97 Å². The number of carbonyl (C=O) groups excluding carboxylic acids is 3. The zero-order valence-electron chi connectivity index (χ0n) is 33.1. The summed E-state index contributed by atoms with van der Waals surface area (Å²) in [6.07, 6.45) is 9.70. The fraction of sp³-hybridized carbons (Fsp3) is 0.463. The number of unbranched alkanes of at least 4 members (excludes halogenated alkanes) is 2. The van der Waals surface area contributed by atoms with Crippen molar-refractivity contribution in [3.63, 3.8) is 0 Å². The molecule has 7 rings (SSSR count). The molecule has 0 N–H and O–H groups in total. The van der Waals surface area contributed by atoms with Gasteiger partial charge in [-0.3, -0.25) is 9.59 Å². The summed E-state index contributed by atoms with van der Waals surface area (Å²) >= 11 is 0. The quantitative estimate of drug-likeness (QED) is 0.0973. The Labute approximate surface area is 331 Å². The number of amides is 2. The minimum atomic E-state index is -5.26. The predicted octanol–water partition coefficient (Wildman–Crippen LogP) is 3.94. The molecule has 1 fully saturated rings. The molecule has 2 aliphatic carbocycles. The Kier molecular flexibility index (Phi) is 9.98. The first-order valence-electron chi connectivity index (χ1n) is 19.0. The smallest absolute Gasteiger partial charge is 0.333 e. The van der Waals surface area contributed by atoms with Gasteiger partial charge < -0.3 is 18.7 Å². The summed E-state index contributed by atoms with van der Waals surface area (Å²) in [6, 6.07) is 3.62. The first-order valence-corrected chi connectivity index (χ1v) is 21.8. The van der Waals surface area contributed by atoms with Crippen LogP contribution in [0, 0.1) is 10.8 Å². The van der Waals surface area contributed by atoms with E-state index in [9.17, 15) is 40.3 Å². The van der Waals surface area contributed by atoms with Gasteiger partial charge in [0.25, 0.3) is 17.6 Å². The maximum atomic E-state index is 13.4. The second-order valence-electron chi connectivity index (χ2n) is 17.1. The number of ether oxygens (including phenoxy) is 1. The number of aryl methyl sites for hydroxylation is 2. The van der Waals surface area contributed by atoms with E-state index in [0.717, 1.165) is 5.57 Å². The van der Waals surface area contributed by atoms with E-state index in [2.05, 4.69) is 0 Å². The lowest BCUT2D eigenvalue weighted by atomic mass is 9.74. The number of nitrogens with zero attached hydrogens (tertiary/aromatic N) is 3. The first kappa shape index (κ1) is 40.6. The third-order valence-corrected chi connectivity index (χ3v) is 13.1. The zero-order chi connectivity index (χ0) is 41.6. The van der Waals surface area contributed by atoms with Crippen LogP contribution in [0.3, 0.4) is 0 Å². The highest BCUT2D eigenvalue weighted by molar-refractivity contribution is 7.86. The zero-order valence-corrected chi connectivity index (χ0v) is 34.7. The lowest BCUT2D eigenvalue weighted by molar-refractivity contribution is -0.673. The predicted molar refractivity (Wildman–Crippen MR) is 203 cm³/mol. The van der Waals surface area contributed by atoms with Crippen LogP contribution in [0.15, 0.2) is 40.4 Å². The van der Waals surface area contributed by atoms with Gasteiger partial charge in [0.15, 0.2) is 11.5 Å². The first-order chi connectivity index (χ1) is 26.5. The average molecular weight is 821 g/mol. The van der Waals surface area contributed by atoms with Crippen molar-refractivity contribution in [2.24, 2.45) is 17.9 Å². The van der Waals surface area contributed by atoms with Crippen LogP contribution < -0.4 is 19.7 Å². The molecule has 16 heteroatoms. The van der Waals surface area contributed by atoms with Gasteiger partial charge in [-0.25, -0.2) is 30.8 Å². The van der Waals surface area contributed by atoms with Crippen LogP contribution >= 0.6 is 0 Å². The van der Waals surface area contributed by atoms with Crippen LogP contribution in [0.1, 0.15) is 120 Å². The normalized spacial score (nSPS) is 19.5. The van der Waals surface area contributed by atoms with Crippen molar-refractivity contribution in [1.29, 1.82) is 0 Å². The van der Waals surface area contributed by atoms with Gasteiger partial charge in [0.1, 0.15) is 42.4 Å². The molecule has 57 heavy (non-hydrogen) atoms. The van der Waals surface area contributed by atoms with Crippen molar-refractivity contribution in [3.8, 4) is 11.5 Å². The average Bonchev–Trinajstić information content (AvgIpc) is 3.59. The Morgan fingerprint density at radius 2 is 1.60 bits per heavy atom. The van der Waals surface area contributed by atoms with E-state index >= 15 is 0 Å². The highest BCUT2D eigenvalue weighted by atomic mass is 32.2. The molecule has 1 unspecified atom stereocenters. The van der Waals surface area contributed by atoms with E-state index in [0.29, 0.717) is 59.8 Å². The number of imidazole rings is 1. The highest BCUT2D eigenvalue weighted by Crippen LogP contribution is 2.49. The van der Waals surface area contributed by atoms with Crippen LogP contribution in [-0.2, 0) is 59.5 Å². The molecule has 1 saturated heterocycles. The minimum absolute atomic E-state index is 0.0000619. The number of rotatable bonds is 10. The standard InChI is InChI=1S/C41H47N3O11S2/c1-23-19-40(3,4)21-29-25(23)17-27-34(39-42(7)15-16-43(39)14-10-8-9-11-33(47)55-44-31(45)12-13-32(44)46)28-18-26-24(2)20-41(5,6)22-30(26)38(57(51,52)53)36(28)54-35(27)37(29)56(48,49)50/h15-19,22,24H,8-14,20-21H2,1-7H3,(H-,48,49,50,51,52,53)/p-1. The highest BCUT2D eigenvalue weighted by Gasteiger charge is 2.40. The topological polar surface area (TPSA) is 196 Å². The van der Waals surface area contributed by atoms with E-state index in [1.165, 1.54) is 0 Å². The Morgan fingerprint density at radius 1 is 0.930 bits per heavy atom. The molecule has 0 spiro atoms. The van der Waals surface area contributed by atoms with Crippen molar-refractivity contribution in [3.05, 3.63) is 69.1 Å². The molecule has 0 bridgehead atoms. The van der Waals surface area contributed by atoms with Gasteiger partial charge in [-0.15, -0.1) is 5.06 Å². The Balaban J connectivity index is 1.41. The molecule has 4 aliphatic rings. The fourth-order valence-corrected chi connectivity index (χ4v) is 10.8. The van der Waals surface area contributed by atoms with E-state index in [1.807, 2.05) is 64.4 Å². The molecule has 2 amide bonds. The Morgan fingerprint density at radius 3 is 2.25 bits per heavy atom. The van der Waals surface area contributed by atoms with Gasteiger partial charge in [-0.2, -0.15) is 0 Å². The molecule has 3 heterocycles. The van der Waals surface area contributed by atoms with E-state index in [-0.39, 0.29) is 64.7 Å². The second-order valence-corrected chi connectivity index (χ2v) is 19.7. The van der Waals surface area contributed by atoms with Gasteiger partial charge in [0, 0.05) is 30.0 Å². The molecule has 2 aromatic carbocycles. The summed E-state index contributed by atoms with van der Waals surface area (Å²) in [6.45, 7) is 11.9. The van der Waals surface area contributed by atoms with Gasteiger partial charge in [0.05, 0.1) is 19.2 Å². The molecule has 2 aliphatic heterocycles.